The minimum absolute atomic E-state index is 0.152. The molecule has 16 heavy (non-hydrogen) atoms. The number of rotatable bonds is 3. The van der Waals surface area contributed by atoms with Crippen molar-refractivity contribution in [3.05, 3.63) is 0 Å². The zero-order valence-corrected chi connectivity index (χ0v) is 10.6. The quantitative estimate of drug-likeness (QED) is 0.790. The van der Waals surface area contributed by atoms with Crippen LogP contribution in [-0.4, -0.2) is 46.8 Å². The minimum atomic E-state index is -0.898. The van der Waals surface area contributed by atoms with E-state index >= 15 is 0 Å². The standard InChI is InChI=1S/C12H23NO3/c1-8(2)16-11-5-6-13(9(3)7-11)12(15)10(4)14/h8-11,14H,5-7H2,1-4H3/t9-,10+,11-/m1/s1. The van der Waals surface area contributed by atoms with Crippen molar-refractivity contribution in [2.75, 3.05) is 6.54 Å². The van der Waals surface area contributed by atoms with Crippen LogP contribution < -0.4 is 0 Å². The highest BCUT2D eigenvalue weighted by Crippen LogP contribution is 2.21. The lowest BCUT2D eigenvalue weighted by Gasteiger charge is -2.38. The monoisotopic (exact) mass is 229 g/mol. The number of carbonyl (C=O) groups is 1. The summed E-state index contributed by atoms with van der Waals surface area (Å²) in [5.41, 5.74) is 0. The number of amides is 1. The molecule has 1 N–H and O–H groups in total. The Bertz CT molecular complexity index is 240. The molecule has 1 aliphatic rings. The molecule has 1 amide bonds. The number of ether oxygens (including phenoxy) is 1. The van der Waals surface area contributed by atoms with Crippen molar-refractivity contribution in [2.45, 2.75) is 64.9 Å². The summed E-state index contributed by atoms with van der Waals surface area (Å²) in [6.45, 7) is 8.26. The molecule has 4 nitrogen and oxygen atoms in total. The summed E-state index contributed by atoms with van der Waals surface area (Å²) >= 11 is 0. The van der Waals surface area contributed by atoms with Gasteiger partial charge in [-0.1, -0.05) is 0 Å². The molecule has 0 unspecified atom stereocenters. The molecule has 1 rings (SSSR count). The average Bonchev–Trinajstić information content (AvgIpc) is 2.15. The molecular formula is C12H23NO3. The van der Waals surface area contributed by atoms with Gasteiger partial charge in [0.05, 0.1) is 12.2 Å². The molecule has 0 aromatic carbocycles. The van der Waals surface area contributed by atoms with Crippen molar-refractivity contribution in [3.8, 4) is 0 Å². The summed E-state index contributed by atoms with van der Waals surface area (Å²) in [5.74, 6) is -0.171. The Morgan fingerprint density at radius 1 is 1.44 bits per heavy atom. The Labute approximate surface area is 97.6 Å². The molecule has 1 fully saturated rings. The molecule has 0 aliphatic carbocycles. The van der Waals surface area contributed by atoms with Crippen LogP contribution in [0.1, 0.15) is 40.5 Å². The molecule has 0 spiro atoms. The number of nitrogens with zero attached hydrogens (tertiary/aromatic N) is 1. The molecule has 0 bridgehead atoms. The van der Waals surface area contributed by atoms with Crippen LogP contribution in [-0.2, 0) is 9.53 Å². The largest absolute Gasteiger partial charge is 0.384 e. The van der Waals surface area contributed by atoms with E-state index in [1.807, 2.05) is 20.8 Å². The van der Waals surface area contributed by atoms with Gasteiger partial charge in [0.25, 0.3) is 5.91 Å². The third-order valence-corrected chi connectivity index (χ3v) is 2.93. The second kappa shape index (κ2) is 5.64. The molecule has 3 atom stereocenters. The van der Waals surface area contributed by atoms with Gasteiger partial charge in [0.1, 0.15) is 6.10 Å². The van der Waals surface area contributed by atoms with Crippen molar-refractivity contribution in [1.29, 1.82) is 0 Å². The van der Waals surface area contributed by atoms with Gasteiger partial charge in [-0.15, -0.1) is 0 Å². The van der Waals surface area contributed by atoms with Gasteiger partial charge in [-0.05, 0) is 40.5 Å². The lowest BCUT2D eigenvalue weighted by molar-refractivity contribution is -0.145. The normalized spacial score (nSPS) is 28.2. The molecule has 1 aliphatic heterocycles. The number of hydrogen-bond acceptors (Lipinski definition) is 3. The molecule has 1 saturated heterocycles. The first kappa shape index (κ1) is 13.5. The van der Waals surface area contributed by atoms with E-state index in [9.17, 15) is 9.90 Å². The number of aliphatic hydroxyl groups excluding tert-OH is 1. The van der Waals surface area contributed by atoms with Gasteiger partial charge in [0, 0.05) is 12.6 Å². The van der Waals surface area contributed by atoms with Crippen molar-refractivity contribution in [3.63, 3.8) is 0 Å². The maximum absolute atomic E-state index is 11.7. The van der Waals surface area contributed by atoms with E-state index in [-0.39, 0.29) is 24.2 Å². The highest BCUT2D eigenvalue weighted by Gasteiger charge is 2.31. The molecule has 0 aromatic rings. The lowest BCUT2D eigenvalue weighted by atomic mass is 10.00. The zero-order valence-electron chi connectivity index (χ0n) is 10.6. The van der Waals surface area contributed by atoms with E-state index in [4.69, 9.17) is 4.74 Å². The molecule has 94 valence electrons. The van der Waals surface area contributed by atoms with Crippen molar-refractivity contribution in [2.24, 2.45) is 0 Å². The number of carbonyl (C=O) groups excluding carboxylic acids is 1. The maximum Gasteiger partial charge on any atom is 0.251 e. The summed E-state index contributed by atoms with van der Waals surface area (Å²) in [4.78, 5) is 13.4. The highest BCUT2D eigenvalue weighted by molar-refractivity contribution is 5.80. The fraction of sp³-hybridized carbons (Fsp3) is 0.917. The first-order valence-electron chi connectivity index (χ1n) is 6.05. The van der Waals surface area contributed by atoms with E-state index in [0.29, 0.717) is 6.54 Å². The van der Waals surface area contributed by atoms with Gasteiger partial charge in [-0.2, -0.15) is 0 Å². The number of hydrogen-bond donors (Lipinski definition) is 1. The number of likely N-dealkylation sites (tertiary alicyclic amines) is 1. The van der Waals surface area contributed by atoms with Crippen molar-refractivity contribution in [1.82, 2.24) is 4.90 Å². The lowest BCUT2D eigenvalue weighted by Crippen LogP contribution is -2.50. The van der Waals surface area contributed by atoms with Crippen LogP contribution >= 0.6 is 0 Å². The summed E-state index contributed by atoms with van der Waals surface area (Å²) in [6.07, 6.45) is 1.30. The Morgan fingerprint density at radius 2 is 2.06 bits per heavy atom. The third-order valence-electron chi connectivity index (χ3n) is 2.93. The predicted molar refractivity (Wildman–Crippen MR) is 62.1 cm³/mol. The summed E-state index contributed by atoms with van der Waals surface area (Å²) < 4.78 is 5.75. The SMILES string of the molecule is CC(C)O[C@@H]1CCN(C(=O)[C@H](C)O)[C@H](C)C1. The van der Waals surface area contributed by atoms with Crippen LogP contribution in [0.25, 0.3) is 0 Å². The summed E-state index contributed by atoms with van der Waals surface area (Å²) in [6, 6.07) is 0.152. The maximum atomic E-state index is 11.7. The topological polar surface area (TPSA) is 49.8 Å². The molecule has 1 heterocycles. The van der Waals surface area contributed by atoms with Crippen molar-refractivity contribution >= 4 is 5.91 Å². The van der Waals surface area contributed by atoms with Gasteiger partial charge in [-0.3, -0.25) is 4.79 Å². The summed E-state index contributed by atoms with van der Waals surface area (Å²) in [7, 11) is 0. The summed E-state index contributed by atoms with van der Waals surface area (Å²) in [5, 5.41) is 9.28. The van der Waals surface area contributed by atoms with E-state index in [0.717, 1.165) is 12.8 Å². The van der Waals surface area contributed by atoms with Crippen LogP contribution in [0.5, 0.6) is 0 Å². The van der Waals surface area contributed by atoms with E-state index in [1.165, 1.54) is 6.92 Å². The zero-order chi connectivity index (χ0) is 12.3. The Balaban J connectivity index is 2.49. The van der Waals surface area contributed by atoms with Crippen LogP contribution in [0.4, 0.5) is 0 Å². The first-order chi connectivity index (χ1) is 7.41. The fourth-order valence-corrected chi connectivity index (χ4v) is 2.20. The highest BCUT2D eigenvalue weighted by atomic mass is 16.5. The molecule has 0 saturated carbocycles. The second-order valence-electron chi connectivity index (χ2n) is 4.89. The van der Waals surface area contributed by atoms with Gasteiger partial charge >= 0.3 is 0 Å². The van der Waals surface area contributed by atoms with Gasteiger partial charge in [0.15, 0.2) is 0 Å². The van der Waals surface area contributed by atoms with Crippen LogP contribution in [0.2, 0.25) is 0 Å². The van der Waals surface area contributed by atoms with Crippen LogP contribution in [0, 0.1) is 0 Å². The van der Waals surface area contributed by atoms with Crippen LogP contribution in [0.15, 0.2) is 0 Å². The van der Waals surface area contributed by atoms with E-state index in [1.54, 1.807) is 4.90 Å². The Morgan fingerprint density at radius 3 is 2.50 bits per heavy atom. The fourth-order valence-electron chi connectivity index (χ4n) is 2.20. The molecule has 4 heteroatoms. The van der Waals surface area contributed by atoms with E-state index in [2.05, 4.69) is 0 Å². The Hall–Kier alpha value is -0.610. The molecule has 0 aromatic heterocycles. The minimum Gasteiger partial charge on any atom is -0.384 e. The molecular weight excluding hydrogens is 206 g/mol. The van der Waals surface area contributed by atoms with Crippen LogP contribution in [0.3, 0.4) is 0 Å². The number of piperidine rings is 1. The van der Waals surface area contributed by atoms with Crippen molar-refractivity contribution < 1.29 is 14.6 Å². The predicted octanol–water partition coefficient (Wildman–Crippen LogP) is 1.17. The third kappa shape index (κ3) is 3.46. The molecule has 0 radical (unpaired) electrons. The van der Waals surface area contributed by atoms with Gasteiger partial charge in [0.2, 0.25) is 0 Å². The number of aliphatic hydroxyl groups is 1. The first-order valence-corrected chi connectivity index (χ1v) is 6.05. The van der Waals surface area contributed by atoms with Gasteiger partial charge in [-0.25, -0.2) is 0 Å². The Kier molecular flexibility index (Phi) is 4.74. The van der Waals surface area contributed by atoms with Gasteiger partial charge < -0.3 is 14.7 Å². The second-order valence-corrected chi connectivity index (χ2v) is 4.89. The average molecular weight is 229 g/mol. The smallest absolute Gasteiger partial charge is 0.251 e. The van der Waals surface area contributed by atoms with E-state index < -0.39 is 6.10 Å².